The molecule has 0 unspecified atom stereocenters. The number of benzene rings is 2. The molecule has 0 aliphatic heterocycles. The zero-order valence-electron chi connectivity index (χ0n) is 14.2. The van der Waals surface area contributed by atoms with Gasteiger partial charge in [-0.2, -0.15) is 4.80 Å². The van der Waals surface area contributed by atoms with E-state index in [0.29, 0.717) is 16.6 Å². The lowest BCUT2D eigenvalue weighted by molar-refractivity contribution is -0.122. The van der Waals surface area contributed by atoms with Crippen molar-refractivity contribution in [2.24, 2.45) is 0 Å². The molecule has 138 valence electrons. The Hall–Kier alpha value is -3.46. The van der Waals surface area contributed by atoms with Gasteiger partial charge in [0.25, 0.3) is 11.8 Å². The molecule has 1 heterocycles. The van der Waals surface area contributed by atoms with Crippen molar-refractivity contribution in [3.63, 3.8) is 0 Å². The van der Waals surface area contributed by atoms with Gasteiger partial charge in [0.1, 0.15) is 12.3 Å². The molecule has 2 N–H and O–H groups in total. The van der Waals surface area contributed by atoms with Crippen molar-refractivity contribution in [2.45, 2.75) is 6.54 Å². The molecule has 3 aromatic rings. The normalized spacial score (nSPS) is 10.3. The van der Waals surface area contributed by atoms with E-state index in [1.54, 1.807) is 12.1 Å². The summed E-state index contributed by atoms with van der Waals surface area (Å²) in [4.78, 5) is 25.3. The van der Waals surface area contributed by atoms with Gasteiger partial charge < -0.3 is 4.74 Å². The van der Waals surface area contributed by atoms with Crippen molar-refractivity contribution in [1.29, 1.82) is 0 Å². The van der Waals surface area contributed by atoms with Crippen LogP contribution in [0.4, 0.5) is 0 Å². The third-order valence-electron chi connectivity index (χ3n) is 3.49. The molecular weight excluding hydrogens is 372 g/mol. The topological polar surface area (TPSA) is 111 Å². The minimum absolute atomic E-state index is 0.190. The predicted octanol–water partition coefficient (Wildman–Crippen LogP) is 1.46. The van der Waals surface area contributed by atoms with E-state index >= 15 is 0 Å². The Morgan fingerprint density at radius 3 is 2.67 bits per heavy atom. The molecule has 0 saturated carbocycles. The molecule has 0 atom stereocenters. The third kappa shape index (κ3) is 4.59. The largest absolute Gasteiger partial charge is 0.496 e. The molecule has 0 aliphatic rings. The average molecular weight is 387 g/mol. The van der Waals surface area contributed by atoms with Gasteiger partial charge >= 0.3 is 0 Å². The van der Waals surface area contributed by atoms with Gasteiger partial charge in [-0.15, -0.1) is 10.2 Å². The monoisotopic (exact) mass is 386 g/mol. The number of nitrogens with zero attached hydrogens (tertiary/aromatic N) is 4. The summed E-state index contributed by atoms with van der Waals surface area (Å²) in [5, 5.41) is 12.2. The molecule has 0 saturated heterocycles. The Morgan fingerprint density at radius 2 is 1.93 bits per heavy atom. The van der Waals surface area contributed by atoms with Gasteiger partial charge in [-0.05, 0) is 23.4 Å². The van der Waals surface area contributed by atoms with Crippen LogP contribution in [-0.4, -0.2) is 39.1 Å². The second-order valence-electron chi connectivity index (χ2n) is 5.36. The molecule has 10 heteroatoms. The first-order chi connectivity index (χ1) is 13.1. The van der Waals surface area contributed by atoms with Crippen LogP contribution in [0.25, 0.3) is 11.4 Å². The van der Waals surface area contributed by atoms with Crippen molar-refractivity contribution in [2.75, 3.05) is 7.11 Å². The first-order valence-electron chi connectivity index (χ1n) is 7.83. The van der Waals surface area contributed by atoms with E-state index < -0.39 is 11.8 Å². The summed E-state index contributed by atoms with van der Waals surface area (Å²) in [6.45, 7) is -0.215. The number of carbonyl (C=O) groups is 2. The van der Waals surface area contributed by atoms with Crippen LogP contribution >= 0.6 is 11.6 Å². The van der Waals surface area contributed by atoms with Crippen molar-refractivity contribution in [3.8, 4) is 17.1 Å². The number of hydrazine groups is 1. The summed E-state index contributed by atoms with van der Waals surface area (Å²) in [7, 11) is 1.43. The fourth-order valence-corrected chi connectivity index (χ4v) is 2.40. The van der Waals surface area contributed by atoms with E-state index in [1.165, 1.54) is 13.2 Å². The summed E-state index contributed by atoms with van der Waals surface area (Å²) in [6, 6.07) is 13.8. The number of hydrogen-bond donors (Lipinski definition) is 2. The zero-order valence-corrected chi connectivity index (χ0v) is 15.0. The van der Waals surface area contributed by atoms with E-state index in [-0.39, 0.29) is 12.1 Å². The molecule has 27 heavy (non-hydrogen) atoms. The number of tetrazole rings is 1. The maximum Gasteiger partial charge on any atom is 0.273 e. The van der Waals surface area contributed by atoms with Crippen molar-refractivity contribution >= 4 is 23.4 Å². The Kier molecular flexibility index (Phi) is 5.62. The average Bonchev–Trinajstić information content (AvgIpc) is 3.15. The van der Waals surface area contributed by atoms with Gasteiger partial charge in [0.15, 0.2) is 0 Å². The number of amides is 2. The van der Waals surface area contributed by atoms with E-state index in [4.69, 9.17) is 16.3 Å². The molecule has 3 rings (SSSR count). The van der Waals surface area contributed by atoms with Gasteiger partial charge in [-0.25, -0.2) is 0 Å². The molecule has 0 bridgehead atoms. The van der Waals surface area contributed by atoms with Crippen LogP contribution in [0.2, 0.25) is 5.02 Å². The maximum absolute atomic E-state index is 12.2. The molecule has 9 nitrogen and oxygen atoms in total. The van der Waals surface area contributed by atoms with Gasteiger partial charge in [0.05, 0.1) is 12.7 Å². The van der Waals surface area contributed by atoms with Crippen LogP contribution in [0, 0.1) is 0 Å². The third-order valence-corrected chi connectivity index (χ3v) is 3.73. The van der Waals surface area contributed by atoms with E-state index in [2.05, 4.69) is 26.3 Å². The molecule has 2 amide bonds. The standard InChI is InChI=1S/C17H15ClN6O3/c1-27-14-8-7-12(18)9-13(14)17(26)21-19-15(25)10-24-22-16(20-23-24)11-5-3-2-4-6-11/h2-9H,10H2,1H3,(H,19,25)(H,21,26). The molecular formula is C17H15ClN6O3. The summed E-state index contributed by atoms with van der Waals surface area (Å²) in [6.07, 6.45) is 0. The Morgan fingerprint density at radius 1 is 1.15 bits per heavy atom. The second-order valence-corrected chi connectivity index (χ2v) is 5.79. The molecule has 2 aromatic carbocycles. The fraction of sp³-hybridized carbons (Fsp3) is 0.118. The SMILES string of the molecule is COc1ccc(Cl)cc1C(=O)NNC(=O)Cn1nnc(-c2ccccc2)n1. The van der Waals surface area contributed by atoms with Gasteiger partial charge in [0.2, 0.25) is 5.82 Å². The fourth-order valence-electron chi connectivity index (χ4n) is 2.23. The Labute approximate surface area is 159 Å². The van der Waals surface area contributed by atoms with E-state index in [1.807, 2.05) is 30.3 Å². The first-order valence-corrected chi connectivity index (χ1v) is 8.20. The number of rotatable bonds is 5. The zero-order chi connectivity index (χ0) is 19.2. The van der Waals surface area contributed by atoms with E-state index in [0.717, 1.165) is 10.4 Å². The number of ether oxygens (including phenoxy) is 1. The molecule has 0 fully saturated rings. The Bertz CT molecular complexity index is 960. The highest BCUT2D eigenvalue weighted by molar-refractivity contribution is 6.31. The highest BCUT2D eigenvalue weighted by Crippen LogP contribution is 2.22. The maximum atomic E-state index is 12.2. The number of hydrogen-bond acceptors (Lipinski definition) is 6. The van der Waals surface area contributed by atoms with Crippen molar-refractivity contribution < 1.29 is 14.3 Å². The molecule has 0 spiro atoms. The Balaban J connectivity index is 1.58. The van der Waals surface area contributed by atoms with E-state index in [9.17, 15) is 9.59 Å². The molecule has 1 aromatic heterocycles. The van der Waals surface area contributed by atoms with Crippen LogP contribution < -0.4 is 15.6 Å². The summed E-state index contributed by atoms with van der Waals surface area (Å²) < 4.78 is 5.10. The highest BCUT2D eigenvalue weighted by Gasteiger charge is 2.14. The van der Waals surface area contributed by atoms with Crippen molar-refractivity contribution in [3.05, 3.63) is 59.1 Å². The lowest BCUT2D eigenvalue weighted by atomic mass is 10.2. The number of carbonyl (C=O) groups excluding carboxylic acids is 2. The smallest absolute Gasteiger partial charge is 0.273 e. The summed E-state index contributed by atoms with van der Waals surface area (Å²) >= 11 is 5.89. The summed E-state index contributed by atoms with van der Waals surface area (Å²) in [5.74, 6) is -0.367. The second kappa shape index (κ2) is 8.28. The van der Waals surface area contributed by atoms with Crippen LogP contribution in [0.3, 0.4) is 0 Å². The lowest BCUT2D eigenvalue weighted by Gasteiger charge is -2.10. The number of methoxy groups -OCH3 is 1. The molecule has 0 aliphatic carbocycles. The van der Waals surface area contributed by atoms with Gasteiger partial charge in [0, 0.05) is 10.6 Å². The van der Waals surface area contributed by atoms with Crippen LogP contribution in [0.1, 0.15) is 10.4 Å². The number of halogens is 1. The molecule has 0 radical (unpaired) electrons. The number of aromatic nitrogens is 4. The predicted molar refractivity (Wildman–Crippen MR) is 96.9 cm³/mol. The minimum atomic E-state index is -0.570. The minimum Gasteiger partial charge on any atom is -0.496 e. The van der Waals surface area contributed by atoms with Crippen LogP contribution in [0.5, 0.6) is 5.75 Å². The van der Waals surface area contributed by atoms with Crippen LogP contribution in [-0.2, 0) is 11.3 Å². The summed E-state index contributed by atoms with van der Waals surface area (Å²) in [5.41, 5.74) is 5.55. The van der Waals surface area contributed by atoms with Gasteiger partial charge in [-0.3, -0.25) is 20.4 Å². The van der Waals surface area contributed by atoms with Gasteiger partial charge in [-0.1, -0.05) is 41.9 Å². The number of nitrogens with one attached hydrogen (secondary N) is 2. The highest BCUT2D eigenvalue weighted by atomic mass is 35.5. The first kappa shape index (κ1) is 18.3. The van der Waals surface area contributed by atoms with Crippen molar-refractivity contribution in [1.82, 2.24) is 31.1 Å². The quantitative estimate of drug-likeness (QED) is 0.642. The lowest BCUT2D eigenvalue weighted by Crippen LogP contribution is -2.43. The van der Waals surface area contributed by atoms with Crippen LogP contribution in [0.15, 0.2) is 48.5 Å².